The van der Waals surface area contributed by atoms with Crippen molar-refractivity contribution < 1.29 is 14.6 Å². The molecule has 4 nitrogen and oxygen atoms in total. The maximum Gasteiger partial charge on any atom is 0.335 e. The lowest BCUT2D eigenvalue weighted by Crippen LogP contribution is -2.05. The Morgan fingerprint density at radius 3 is 2.33 bits per heavy atom. The lowest BCUT2D eigenvalue weighted by atomic mass is 10.0. The van der Waals surface area contributed by atoms with E-state index in [-0.39, 0.29) is 11.7 Å². The molecule has 0 bridgehead atoms. The molecule has 0 aromatic heterocycles. The molecule has 0 aliphatic rings. The van der Waals surface area contributed by atoms with Crippen molar-refractivity contribution >= 4 is 29.2 Å². The molecule has 0 aliphatic heterocycles. The van der Waals surface area contributed by atoms with Crippen molar-refractivity contribution in [3.8, 4) is 11.8 Å². The first kappa shape index (κ1) is 17.6. The Morgan fingerprint density at radius 1 is 1.21 bits per heavy atom. The van der Waals surface area contributed by atoms with Gasteiger partial charge in [-0.25, -0.2) is 4.79 Å². The van der Waals surface area contributed by atoms with Crippen LogP contribution in [0, 0.1) is 11.3 Å². The number of halogens is 1. The van der Waals surface area contributed by atoms with Crippen LogP contribution in [0.3, 0.4) is 0 Å². The van der Waals surface area contributed by atoms with E-state index in [0.29, 0.717) is 21.9 Å². The van der Waals surface area contributed by atoms with Crippen LogP contribution in [0.4, 0.5) is 0 Å². The Labute approximate surface area is 145 Å². The molecule has 0 amide bonds. The van der Waals surface area contributed by atoms with Gasteiger partial charge in [-0.3, -0.25) is 0 Å². The fourth-order valence-corrected chi connectivity index (χ4v) is 2.33. The first-order valence-electron chi connectivity index (χ1n) is 7.32. The average Bonchev–Trinajstić information content (AvgIpc) is 2.55. The van der Waals surface area contributed by atoms with Crippen molar-refractivity contribution in [2.75, 3.05) is 0 Å². The molecule has 1 N–H and O–H groups in total. The fraction of sp³-hybridized carbons (Fsp3) is 0.158. The van der Waals surface area contributed by atoms with E-state index in [1.807, 2.05) is 19.9 Å². The van der Waals surface area contributed by atoms with Crippen molar-refractivity contribution in [1.29, 1.82) is 5.26 Å². The van der Waals surface area contributed by atoms with Crippen LogP contribution < -0.4 is 4.74 Å². The lowest BCUT2D eigenvalue weighted by molar-refractivity contribution is 0.0697. The summed E-state index contributed by atoms with van der Waals surface area (Å²) in [5.74, 6) is -0.412. The van der Waals surface area contributed by atoms with Gasteiger partial charge in [0.2, 0.25) is 0 Å². The zero-order valence-corrected chi connectivity index (χ0v) is 14.0. The number of aromatic carboxylic acids is 1. The Bertz CT molecular complexity index is 817. The molecule has 0 atom stereocenters. The monoisotopic (exact) mass is 341 g/mol. The van der Waals surface area contributed by atoms with Gasteiger partial charge in [0.1, 0.15) is 5.75 Å². The number of carbonyl (C=O) groups is 1. The molecule has 0 aliphatic carbocycles. The van der Waals surface area contributed by atoms with Gasteiger partial charge in [-0.2, -0.15) is 5.26 Å². The summed E-state index contributed by atoms with van der Waals surface area (Å²) in [6, 6.07) is 13.6. The lowest BCUT2D eigenvalue weighted by Gasteiger charge is -2.11. The van der Waals surface area contributed by atoms with E-state index in [4.69, 9.17) is 21.4 Å². The molecule has 0 radical (unpaired) electrons. The molecule has 0 unspecified atom stereocenters. The number of allylic oxidation sites excluding steroid dienone is 1. The second kappa shape index (κ2) is 7.67. The van der Waals surface area contributed by atoms with Crippen LogP contribution >= 0.6 is 11.6 Å². The van der Waals surface area contributed by atoms with Crippen LogP contribution in [-0.4, -0.2) is 17.2 Å². The van der Waals surface area contributed by atoms with Crippen LogP contribution in [0.15, 0.2) is 42.5 Å². The zero-order chi connectivity index (χ0) is 17.7. The molecular formula is C19H16ClNO3. The maximum atomic E-state index is 10.9. The van der Waals surface area contributed by atoms with Gasteiger partial charge in [0.05, 0.1) is 28.3 Å². The average molecular weight is 342 g/mol. The van der Waals surface area contributed by atoms with Gasteiger partial charge in [0.25, 0.3) is 0 Å². The van der Waals surface area contributed by atoms with Gasteiger partial charge in [0, 0.05) is 0 Å². The SMILES string of the molecule is CC(C)Oc1ccc(/C=C(/C#N)c2ccc(C(=O)O)cc2)cc1Cl. The number of rotatable bonds is 5. The Balaban J connectivity index is 2.32. The maximum absolute atomic E-state index is 10.9. The van der Waals surface area contributed by atoms with Gasteiger partial charge in [-0.1, -0.05) is 29.8 Å². The Hall–Kier alpha value is -2.77. The molecule has 5 heteroatoms. The van der Waals surface area contributed by atoms with Crippen LogP contribution in [0.1, 0.15) is 35.3 Å². The van der Waals surface area contributed by atoms with Crippen molar-refractivity contribution in [2.45, 2.75) is 20.0 Å². The van der Waals surface area contributed by atoms with Gasteiger partial charge in [-0.15, -0.1) is 0 Å². The topological polar surface area (TPSA) is 70.3 Å². The molecule has 2 aromatic carbocycles. The molecule has 0 heterocycles. The van der Waals surface area contributed by atoms with Crippen LogP contribution in [0.2, 0.25) is 5.02 Å². The number of carboxylic acid groups (broad SMARTS) is 1. The molecule has 0 saturated heterocycles. The second-order valence-corrected chi connectivity index (χ2v) is 5.82. The summed E-state index contributed by atoms with van der Waals surface area (Å²) in [6.45, 7) is 3.83. The van der Waals surface area contributed by atoms with E-state index in [2.05, 4.69) is 6.07 Å². The highest BCUT2D eigenvalue weighted by Crippen LogP contribution is 2.28. The van der Waals surface area contributed by atoms with Gasteiger partial charge >= 0.3 is 5.97 Å². The number of nitrogens with zero attached hydrogens (tertiary/aromatic N) is 1. The molecule has 0 fully saturated rings. The number of carboxylic acids is 1. The highest BCUT2D eigenvalue weighted by atomic mass is 35.5. The van der Waals surface area contributed by atoms with Crippen LogP contribution in [-0.2, 0) is 0 Å². The summed E-state index contributed by atoms with van der Waals surface area (Å²) in [4.78, 5) is 10.9. The van der Waals surface area contributed by atoms with Crippen molar-refractivity contribution in [2.24, 2.45) is 0 Å². The first-order valence-corrected chi connectivity index (χ1v) is 7.70. The summed E-state index contributed by atoms with van der Waals surface area (Å²) < 4.78 is 5.58. The summed E-state index contributed by atoms with van der Waals surface area (Å²) in [5.41, 5.74) is 1.99. The highest BCUT2D eigenvalue weighted by molar-refractivity contribution is 6.32. The Kier molecular flexibility index (Phi) is 5.62. The molecule has 2 aromatic rings. The number of ether oxygens (including phenoxy) is 1. The minimum Gasteiger partial charge on any atom is -0.489 e. The predicted octanol–water partition coefficient (Wildman–Crippen LogP) is 4.89. The highest BCUT2D eigenvalue weighted by Gasteiger charge is 2.07. The van der Waals surface area contributed by atoms with Gasteiger partial charge in [0.15, 0.2) is 0 Å². The van der Waals surface area contributed by atoms with Gasteiger partial charge < -0.3 is 9.84 Å². The largest absolute Gasteiger partial charge is 0.489 e. The Morgan fingerprint density at radius 2 is 1.83 bits per heavy atom. The van der Waals surface area contributed by atoms with Crippen molar-refractivity contribution in [3.63, 3.8) is 0 Å². The quantitative estimate of drug-likeness (QED) is 0.621. The molecule has 24 heavy (non-hydrogen) atoms. The van der Waals surface area contributed by atoms with E-state index in [1.54, 1.807) is 30.3 Å². The molecule has 0 spiro atoms. The third-order valence-corrected chi connectivity index (χ3v) is 3.49. The summed E-state index contributed by atoms with van der Waals surface area (Å²) in [6.07, 6.45) is 1.71. The minimum atomic E-state index is -1.00. The summed E-state index contributed by atoms with van der Waals surface area (Å²) in [5, 5.41) is 18.8. The molecule has 2 rings (SSSR count). The smallest absolute Gasteiger partial charge is 0.335 e. The standard InChI is InChI=1S/C19H16ClNO3/c1-12(2)24-18-8-3-13(10-17(18)20)9-16(11-21)14-4-6-15(7-5-14)19(22)23/h3-10,12H,1-2H3,(H,22,23)/b16-9-. The number of benzene rings is 2. The minimum absolute atomic E-state index is 0.0197. The van der Waals surface area contributed by atoms with E-state index in [9.17, 15) is 10.1 Å². The third-order valence-electron chi connectivity index (χ3n) is 3.19. The number of hydrogen-bond acceptors (Lipinski definition) is 3. The first-order chi connectivity index (χ1) is 11.4. The van der Waals surface area contributed by atoms with E-state index >= 15 is 0 Å². The molecule has 122 valence electrons. The molecular weight excluding hydrogens is 326 g/mol. The predicted molar refractivity (Wildman–Crippen MR) is 94.1 cm³/mol. The fourth-order valence-electron chi connectivity index (χ4n) is 2.10. The van der Waals surface area contributed by atoms with Gasteiger partial charge in [-0.05, 0) is 55.3 Å². The van der Waals surface area contributed by atoms with Crippen molar-refractivity contribution in [3.05, 3.63) is 64.2 Å². The summed E-state index contributed by atoms with van der Waals surface area (Å²) >= 11 is 6.20. The van der Waals surface area contributed by atoms with E-state index in [0.717, 1.165) is 5.56 Å². The number of hydrogen-bond donors (Lipinski definition) is 1. The van der Waals surface area contributed by atoms with Crippen molar-refractivity contribution in [1.82, 2.24) is 0 Å². The second-order valence-electron chi connectivity index (χ2n) is 5.41. The van der Waals surface area contributed by atoms with E-state index in [1.165, 1.54) is 12.1 Å². The normalized spacial score (nSPS) is 11.2. The van der Waals surface area contributed by atoms with E-state index < -0.39 is 5.97 Å². The zero-order valence-electron chi connectivity index (χ0n) is 13.3. The van der Waals surface area contributed by atoms with Crippen LogP contribution in [0.5, 0.6) is 5.75 Å². The number of nitriles is 1. The summed E-state index contributed by atoms with van der Waals surface area (Å²) in [7, 11) is 0. The third kappa shape index (κ3) is 4.37. The molecule has 0 saturated carbocycles. The van der Waals surface area contributed by atoms with Crippen LogP contribution in [0.25, 0.3) is 11.6 Å².